The van der Waals surface area contributed by atoms with Gasteiger partial charge in [-0.2, -0.15) is 0 Å². The molecule has 0 radical (unpaired) electrons. The number of benzene rings is 1. The second-order valence-corrected chi connectivity index (χ2v) is 5.87. The van der Waals surface area contributed by atoms with Crippen LogP contribution in [0.4, 0.5) is 0 Å². The normalized spacial score (nSPS) is 11.0. The quantitative estimate of drug-likeness (QED) is 0.515. The van der Waals surface area contributed by atoms with E-state index in [4.69, 9.17) is 13.9 Å². The van der Waals surface area contributed by atoms with Gasteiger partial charge in [-0.15, -0.1) is 0 Å². The fourth-order valence-electron chi connectivity index (χ4n) is 3.27. The van der Waals surface area contributed by atoms with Gasteiger partial charge < -0.3 is 18.3 Å². The predicted octanol–water partition coefficient (Wildman–Crippen LogP) is 5.19. The molecule has 0 N–H and O–H groups in total. The van der Waals surface area contributed by atoms with Gasteiger partial charge in [-0.05, 0) is 55.0 Å². The topological polar surface area (TPSA) is 36.0 Å². The number of rotatable bonds is 4. The van der Waals surface area contributed by atoms with Crippen molar-refractivity contribution >= 4 is 5.52 Å². The average Bonchev–Trinajstić information content (AvgIpc) is 3.33. The lowest BCUT2D eigenvalue weighted by molar-refractivity contribution is 0.355. The van der Waals surface area contributed by atoms with Gasteiger partial charge in [0.2, 0.25) is 0 Å². The summed E-state index contributed by atoms with van der Waals surface area (Å²) in [6.07, 6.45) is 3.77. The third kappa shape index (κ3) is 2.47. The van der Waals surface area contributed by atoms with Crippen LogP contribution >= 0.6 is 0 Å². The number of ether oxygens (including phenoxy) is 2. The number of methoxy groups -OCH3 is 2. The number of furan rings is 1. The molecule has 4 nitrogen and oxygen atoms in total. The maximum atomic E-state index is 5.65. The zero-order valence-corrected chi connectivity index (χ0v) is 14.4. The minimum absolute atomic E-state index is 0.714. The first-order valence-corrected chi connectivity index (χ1v) is 8.10. The molecule has 0 amide bonds. The van der Waals surface area contributed by atoms with Crippen LogP contribution in [0.25, 0.3) is 28.0 Å². The summed E-state index contributed by atoms with van der Waals surface area (Å²) >= 11 is 0. The average molecular weight is 333 g/mol. The van der Waals surface area contributed by atoms with Crippen molar-refractivity contribution in [1.29, 1.82) is 0 Å². The Bertz CT molecular complexity index is 1030. The highest BCUT2D eigenvalue weighted by molar-refractivity contribution is 5.84. The van der Waals surface area contributed by atoms with Crippen LogP contribution in [0.2, 0.25) is 0 Å². The fourth-order valence-corrected chi connectivity index (χ4v) is 3.27. The first-order valence-electron chi connectivity index (χ1n) is 8.10. The Balaban J connectivity index is 1.98. The SMILES string of the molecule is COc1ccc(-c2cc(-c3ccco3)c3cccn3c2C)cc1OC. The molecule has 0 aliphatic rings. The molecule has 0 aliphatic heterocycles. The molecule has 3 aromatic heterocycles. The molecular weight excluding hydrogens is 314 g/mol. The third-order valence-electron chi connectivity index (χ3n) is 4.55. The van der Waals surface area contributed by atoms with E-state index in [9.17, 15) is 0 Å². The van der Waals surface area contributed by atoms with Gasteiger partial charge in [0.25, 0.3) is 0 Å². The van der Waals surface area contributed by atoms with E-state index in [0.29, 0.717) is 5.75 Å². The van der Waals surface area contributed by atoms with Crippen LogP contribution < -0.4 is 9.47 Å². The molecule has 0 spiro atoms. The molecule has 25 heavy (non-hydrogen) atoms. The smallest absolute Gasteiger partial charge is 0.161 e. The fraction of sp³-hybridized carbons (Fsp3) is 0.143. The molecular formula is C21H19NO3. The maximum Gasteiger partial charge on any atom is 0.161 e. The Morgan fingerprint density at radius 1 is 0.880 bits per heavy atom. The van der Waals surface area contributed by atoms with E-state index in [1.165, 1.54) is 0 Å². The highest BCUT2D eigenvalue weighted by Crippen LogP contribution is 2.37. The second kappa shape index (κ2) is 6.06. The van der Waals surface area contributed by atoms with Gasteiger partial charge in [0, 0.05) is 23.0 Å². The predicted molar refractivity (Wildman–Crippen MR) is 98.4 cm³/mol. The van der Waals surface area contributed by atoms with Crippen molar-refractivity contribution in [2.24, 2.45) is 0 Å². The van der Waals surface area contributed by atoms with E-state index >= 15 is 0 Å². The highest BCUT2D eigenvalue weighted by Gasteiger charge is 2.15. The van der Waals surface area contributed by atoms with Crippen LogP contribution in [0, 0.1) is 6.92 Å². The molecule has 0 bridgehead atoms. The third-order valence-corrected chi connectivity index (χ3v) is 4.55. The van der Waals surface area contributed by atoms with E-state index in [1.54, 1.807) is 20.5 Å². The van der Waals surface area contributed by atoms with Crippen LogP contribution in [0.1, 0.15) is 5.69 Å². The van der Waals surface area contributed by atoms with Gasteiger partial charge in [-0.3, -0.25) is 0 Å². The number of fused-ring (bicyclic) bond motifs is 1. The molecule has 0 saturated carbocycles. The highest BCUT2D eigenvalue weighted by atomic mass is 16.5. The molecule has 4 heteroatoms. The van der Waals surface area contributed by atoms with Crippen molar-refractivity contribution < 1.29 is 13.9 Å². The minimum Gasteiger partial charge on any atom is -0.493 e. The lowest BCUT2D eigenvalue weighted by atomic mass is 10.00. The second-order valence-electron chi connectivity index (χ2n) is 5.87. The van der Waals surface area contributed by atoms with Gasteiger partial charge in [-0.25, -0.2) is 0 Å². The molecule has 126 valence electrons. The molecule has 0 unspecified atom stereocenters. The van der Waals surface area contributed by atoms with E-state index in [-0.39, 0.29) is 0 Å². The summed E-state index contributed by atoms with van der Waals surface area (Å²) in [6.45, 7) is 2.12. The summed E-state index contributed by atoms with van der Waals surface area (Å²) in [5.74, 6) is 2.29. The largest absolute Gasteiger partial charge is 0.493 e. The van der Waals surface area contributed by atoms with Crippen LogP contribution in [0.5, 0.6) is 11.5 Å². The van der Waals surface area contributed by atoms with Crippen molar-refractivity contribution in [3.05, 3.63) is 66.7 Å². The summed E-state index contributed by atoms with van der Waals surface area (Å²) < 4.78 is 18.7. The lowest BCUT2D eigenvalue weighted by Crippen LogP contribution is -1.97. The standard InChI is InChI=1S/C21H19NO3/c1-14-16(15-8-9-20(23-2)21(12-15)24-3)13-17(19-7-5-11-25-19)18-6-4-10-22(14)18/h4-13H,1-3H3. The van der Waals surface area contributed by atoms with E-state index in [0.717, 1.165) is 39.4 Å². The van der Waals surface area contributed by atoms with Gasteiger partial charge in [0.05, 0.1) is 26.0 Å². The van der Waals surface area contributed by atoms with Crippen molar-refractivity contribution in [2.45, 2.75) is 6.92 Å². The molecule has 1 aromatic carbocycles. The number of nitrogens with zero attached hydrogens (tertiary/aromatic N) is 1. The zero-order valence-electron chi connectivity index (χ0n) is 14.4. The molecule has 4 rings (SSSR count). The number of hydrogen-bond acceptors (Lipinski definition) is 3. The van der Waals surface area contributed by atoms with Gasteiger partial charge in [0.1, 0.15) is 5.76 Å². The minimum atomic E-state index is 0.714. The van der Waals surface area contributed by atoms with E-state index < -0.39 is 0 Å². The number of pyridine rings is 1. The van der Waals surface area contributed by atoms with Gasteiger partial charge in [0.15, 0.2) is 11.5 Å². The first kappa shape index (κ1) is 15.4. The summed E-state index contributed by atoms with van der Waals surface area (Å²) in [7, 11) is 3.29. The van der Waals surface area contributed by atoms with Gasteiger partial charge in [-0.1, -0.05) is 6.07 Å². The molecule has 0 aliphatic carbocycles. The van der Waals surface area contributed by atoms with Crippen molar-refractivity contribution in [1.82, 2.24) is 4.40 Å². The Kier molecular flexibility index (Phi) is 3.73. The number of hydrogen-bond donors (Lipinski definition) is 0. The van der Waals surface area contributed by atoms with Crippen molar-refractivity contribution in [3.8, 4) is 33.9 Å². The molecule has 4 aromatic rings. The summed E-state index contributed by atoms with van der Waals surface area (Å²) in [4.78, 5) is 0. The molecule has 0 fully saturated rings. The van der Waals surface area contributed by atoms with Gasteiger partial charge >= 0.3 is 0 Å². The first-order chi connectivity index (χ1) is 12.2. The maximum absolute atomic E-state index is 5.65. The zero-order chi connectivity index (χ0) is 17.4. The van der Waals surface area contributed by atoms with Crippen molar-refractivity contribution in [3.63, 3.8) is 0 Å². The van der Waals surface area contributed by atoms with Crippen molar-refractivity contribution in [2.75, 3.05) is 14.2 Å². The Hall–Kier alpha value is -3.14. The Labute approximate surface area is 146 Å². The summed E-state index contributed by atoms with van der Waals surface area (Å²) in [5.41, 5.74) is 5.53. The van der Waals surface area contributed by atoms with Crippen LogP contribution in [-0.2, 0) is 0 Å². The van der Waals surface area contributed by atoms with Crippen LogP contribution in [-0.4, -0.2) is 18.6 Å². The summed E-state index contributed by atoms with van der Waals surface area (Å²) in [6, 6.07) is 16.2. The molecule has 0 saturated heterocycles. The monoisotopic (exact) mass is 333 g/mol. The van der Waals surface area contributed by atoms with E-state index in [2.05, 4.69) is 29.7 Å². The van der Waals surface area contributed by atoms with Crippen LogP contribution in [0.3, 0.4) is 0 Å². The molecule has 0 atom stereocenters. The Morgan fingerprint density at radius 2 is 1.72 bits per heavy atom. The lowest BCUT2D eigenvalue weighted by Gasteiger charge is -2.15. The summed E-state index contributed by atoms with van der Waals surface area (Å²) in [5, 5.41) is 0. The number of aryl methyl sites for hydroxylation is 1. The number of aromatic nitrogens is 1. The van der Waals surface area contributed by atoms with E-state index in [1.807, 2.05) is 36.4 Å². The Morgan fingerprint density at radius 3 is 2.44 bits per heavy atom. The molecule has 3 heterocycles. The van der Waals surface area contributed by atoms with Crippen LogP contribution in [0.15, 0.2) is 65.4 Å².